The van der Waals surface area contributed by atoms with Gasteiger partial charge < -0.3 is 14.6 Å². The zero-order valence-electron chi connectivity index (χ0n) is 11.6. The highest BCUT2D eigenvalue weighted by atomic mass is 35.5. The quantitative estimate of drug-likeness (QED) is 0.848. The van der Waals surface area contributed by atoms with Gasteiger partial charge in [-0.05, 0) is 38.1 Å². The van der Waals surface area contributed by atoms with Gasteiger partial charge in [0.15, 0.2) is 6.61 Å². The van der Waals surface area contributed by atoms with E-state index in [2.05, 4.69) is 33.8 Å². The van der Waals surface area contributed by atoms with Crippen molar-refractivity contribution in [1.82, 2.24) is 15.5 Å². The van der Waals surface area contributed by atoms with Gasteiger partial charge in [0.2, 0.25) is 12.2 Å². The van der Waals surface area contributed by atoms with E-state index >= 15 is 0 Å². The van der Waals surface area contributed by atoms with Crippen molar-refractivity contribution < 1.29 is 9.26 Å². The van der Waals surface area contributed by atoms with Crippen molar-refractivity contribution >= 4 is 11.6 Å². The molecule has 0 aliphatic heterocycles. The number of hydrogen-bond acceptors (Lipinski definition) is 5. The Morgan fingerprint density at radius 3 is 3.00 bits per heavy atom. The van der Waals surface area contributed by atoms with Crippen molar-refractivity contribution in [3.63, 3.8) is 0 Å². The smallest absolute Gasteiger partial charge is 0.213 e. The average molecular weight is 296 g/mol. The lowest BCUT2D eigenvalue weighted by Crippen LogP contribution is -2.20. The maximum Gasteiger partial charge on any atom is 0.213 e. The fraction of sp³-hybridized carbons (Fsp3) is 0.429. The third-order valence-corrected chi connectivity index (χ3v) is 3.14. The van der Waals surface area contributed by atoms with E-state index in [9.17, 15) is 0 Å². The molecule has 0 amide bonds. The Labute approximate surface area is 123 Å². The van der Waals surface area contributed by atoms with Crippen LogP contribution in [0.5, 0.6) is 5.75 Å². The van der Waals surface area contributed by atoms with Crippen LogP contribution < -0.4 is 10.1 Å². The second-order valence-electron chi connectivity index (χ2n) is 4.49. The molecule has 1 atom stereocenters. The largest absolute Gasteiger partial charge is 0.485 e. The lowest BCUT2D eigenvalue weighted by Gasteiger charge is -2.18. The van der Waals surface area contributed by atoms with Gasteiger partial charge in [-0.3, -0.25) is 0 Å². The molecular formula is C14H18ClN3O2. The van der Waals surface area contributed by atoms with E-state index in [1.165, 1.54) is 6.39 Å². The van der Waals surface area contributed by atoms with Crippen molar-refractivity contribution in [2.75, 3.05) is 6.54 Å². The predicted molar refractivity (Wildman–Crippen MR) is 76.8 cm³/mol. The minimum atomic E-state index is 0.161. The Hall–Kier alpha value is -1.59. The van der Waals surface area contributed by atoms with Crippen LogP contribution in [-0.2, 0) is 6.61 Å². The second kappa shape index (κ2) is 7.26. The summed E-state index contributed by atoms with van der Waals surface area (Å²) in [4.78, 5) is 3.93. The van der Waals surface area contributed by atoms with Gasteiger partial charge >= 0.3 is 0 Å². The lowest BCUT2D eigenvalue weighted by molar-refractivity contribution is 0.281. The van der Waals surface area contributed by atoms with Gasteiger partial charge in [0, 0.05) is 16.6 Å². The normalized spacial score (nSPS) is 12.3. The molecule has 0 aliphatic rings. The zero-order valence-corrected chi connectivity index (χ0v) is 12.4. The van der Waals surface area contributed by atoms with Crippen molar-refractivity contribution in [1.29, 1.82) is 0 Å². The predicted octanol–water partition coefficient (Wildman–Crippen LogP) is 3.36. The molecule has 20 heavy (non-hydrogen) atoms. The molecule has 1 heterocycles. The summed E-state index contributed by atoms with van der Waals surface area (Å²) in [6.45, 7) is 5.43. The molecule has 0 spiro atoms. The van der Waals surface area contributed by atoms with E-state index in [0.717, 1.165) is 24.3 Å². The van der Waals surface area contributed by atoms with Crippen LogP contribution in [0.4, 0.5) is 0 Å². The molecule has 0 saturated carbocycles. The van der Waals surface area contributed by atoms with Crippen LogP contribution in [0.3, 0.4) is 0 Å². The van der Waals surface area contributed by atoms with Gasteiger partial charge in [-0.2, -0.15) is 4.98 Å². The Morgan fingerprint density at radius 1 is 1.45 bits per heavy atom. The van der Waals surface area contributed by atoms with E-state index in [-0.39, 0.29) is 12.6 Å². The van der Waals surface area contributed by atoms with Crippen molar-refractivity contribution in [3.8, 4) is 5.75 Å². The van der Waals surface area contributed by atoms with Gasteiger partial charge in [-0.15, -0.1) is 0 Å². The Morgan fingerprint density at radius 2 is 2.30 bits per heavy atom. The molecule has 0 fully saturated rings. The van der Waals surface area contributed by atoms with Gasteiger partial charge in [0.1, 0.15) is 5.75 Å². The molecule has 2 rings (SSSR count). The Bertz CT molecular complexity index is 531. The number of hydrogen-bond donors (Lipinski definition) is 1. The third kappa shape index (κ3) is 3.95. The molecule has 108 valence electrons. The topological polar surface area (TPSA) is 60.2 Å². The summed E-state index contributed by atoms with van der Waals surface area (Å²) in [6.07, 6.45) is 2.36. The number of ether oxygens (including phenoxy) is 1. The first-order valence-corrected chi connectivity index (χ1v) is 6.99. The summed E-state index contributed by atoms with van der Waals surface area (Å²) in [5.74, 6) is 1.29. The maximum atomic E-state index is 6.07. The van der Waals surface area contributed by atoms with Crippen LogP contribution in [-0.4, -0.2) is 16.7 Å². The number of nitrogens with zero attached hydrogens (tertiary/aromatic N) is 2. The lowest BCUT2D eigenvalue weighted by atomic mass is 10.1. The summed E-state index contributed by atoms with van der Waals surface area (Å²) in [5.41, 5.74) is 1.02. The molecule has 0 aliphatic carbocycles. The van der Waals surface area contributed by atoms with Gasteiger partial charge in [0.25, 0.3) is 0 Å². The first-order chi connectivity index (χ1) is 9.70. The van der Waals surface area contributed by atoms with E-state index in [1.54, 1.807) is 0 Å². The molecule has 0 saturated heterocycles. The number of rotatable bonds is 7. The van der Waals surface area contributed by atoms with E-state index in [1.807, 2.05) is 18.2 Å². The fourth-order valence-electron chi connectivity index (χ4n) is 1.86. The highest BCUT2D eigenvalue weighted by Gasteiger charge is 2.12. The van der Waals surface area contributed by atoms with Gasteiger partial charge in [-0.25, -0.2) is 0 Å². The molecule has 1 N–H and O–H groups in total. The molecule has 6 heteroatoms. The summed E-state index contributed by atoms with van der Waals surface area (Å²) >= 11 is 6.07. The van der Waals surface area contributed by atoms with Crippen LogP contribution in [0.1, 0.15) is 37.7 Å². The first-order valence-electron chi connectivity index (χ1n) is 6.61. The van der Waals surface area contributed by atoms with Crippen molar-refractivity contribution in [3.05, 3.63) is 41.0 Å². The minimum Gasteiger partial charge on any atom is -0.485 e. The van der Waals surface area contributed by atoms with Crippen LogP contribution in [0.2, 0.25) is 5.02 Å². The average Bonchev–Trinajstić information content (AvgIpc) is 2.96. The van der Waals surface area contributed by atoms with Crippen LogP contribution in [0, 0.1) is 0 Å². The van der Waals surface area contributed by atoms with Crippen LogP contribution in [0.15, 0.2) is 29.1 Å². The molecular weight excluding hydrogens is 278 g/mol. The monoisotopic (exact) mass is 295 g/mol. The fourth-order valence-corrected chi connectivity index (χ4v) is 2.04. The number of aromatic nitrogens is 2. The first kappa shape index (κ1) is 14.8. The maximum absolute atomic E-state index is 6.07. The van der Waals surface area contributed by atoms with E-state index in [4.69, 9.17) is 16.3 Å². The standard InChI is InChI=1S/C14H18ClN3O2/c1-3-6-16-10(2)12-7-11(15)4-5-13(12)19-8-14-17-9-20-18-14/h4-5,7,9-10,16H,3,6,8H2,1-2H3. The van der Waals surface area contributed by atoms with Crippen LogP contribution in [0.25, 0.3) is 0 Å². The molecule has 0 bridgehead atoms. The van der Waals surface area contributed by atoms with Crippen LogP contribution >= 0.6 is 11.6 Å². The molecule has 0 radical (unpaired) electrons. The molecule has 2 aromatic rings. The number of benzene rings is 1. The zero-order chi connectivity index (χ0) is 14.4. The minimum absolute atomic E-state index is 0.161. The second-order valence-corrected chi connectivity index (χ2v) is 4.93. The van der Waals surface area contributed by atoms with Gasteiger partial charge in [-0.1, -0.05) is 23.7 Å². The van der Waals surface area contributed by atoms with E-state index in [0.29, 0.717) is 10.8 Å². The Kier molecular flexibility index (Phi) is 5.38. The number of halogens is 1. The Balaban J connectivity index is 2.10. The molecule has 1 aromatic heterocycles. The van der Waals surface area contributed by atoms with Crippen molar-refractivity contribution in [2.45, 2.75) is 32.9 Å². The van der Waals surface area contributed by atoms with Crippen molar-refractivity contribution in [2.24, 2.45) is 0 Å². The highest BCUT2D eigenvalue weighted by Crippen LogP contribution is 2.28. The number of nitrogens with one attached hydrogen (secondary N) is 1. The summed E-state index contributed by atoms with van der Waals surface area (Å²) in [6, 6.07) is 5.75. The summed E-state index contributed by atoms with van der Waals surface area (Å²) < 4.78 is 10.4. The third-order valence-electron chi connectivity index (χ3n) is 2.90. The molecule has 5 nitrogen and oxygen atoms in total. The SMILES string of the molecule is CCCNC(C)c1cc(Cl)ccc1OCc1ncon1. The van der Waals surface area contributed by atoms with Gasteiger partial charge in [0.05, 0.1) is 0 Å². The molecule has 1 unspecified atom stereocenters. The summed E-state index contributed by atoms with van der Waals surface area (Å²) in [7, 11) is 0. The summed E-state index contributed by atoms with van der Waals surface area (Å²) in [5, 5.41) is 7.83. The highest BCUT2D eigenvalue weighted by molar-refractivity contribution is 6.30. The molecule has 1 aromatic carbocycles. The van der Waals surface area contributed by atoms with E-state index < -0.39 is 0 Å².